The Labute approximate surface area is 135 Å². The molecule has 0 spiro atoms. The molecule has 1 aliphatic heterocycles. The summed E-state index contributed by atoms with van der Waals surface area (Å²) in [6, 6.07) is 9.73. The van der Waals surface area contributed by atoms with Gasteiger partial charge in [-0.1, -0.05) is 31.5 Å². The Kier molecular flexibility index (Phi) is 5.51. The van der Waals surface area contributed by atoms with Gasteiger partial charge in [-0.05, 0) is 25.5 Å². The molecule has 3 atom stereocenters. The molecule has 5 heteroatoms. The van der Waals surface area contributed by atoms with Gasteiger partial charge >= 0.3 is 11.9 Å². The topological polar surface area (TPSA) is 52.6 Å². The van der Waals surface area contributed by atoms with Crippen LogP contribution in [0.2, 0.25) is 0 Å². The molecule has 1 aromatic carbocycles. The van der Waals surface area contributed by atoms with Crippen LogP contribution in [-0.2, 0) is 19.1 Å². The van der Waals surface area contributed by atoms with Crippen molar-refractivity contribution in [1.82, 2.24) is 0 Å². The van der Waals surface area contributed by atoms with E-state index in [0.717, 1.165) is 17.7 Å². The fourth-order valence-electron chi connectivity index (χ4n) is 2.83. The van der Waals surface area contributed by atoms with Crippen LogP contribution < -0.4 is 0 Å². The lowest BCUT2D eigenvalue weighted by Gasteiger charge is -2.27. The van der Waals surface area contributed by atoms with Crippen LogP contribution in [0.4, 0.5) is 0 Å². The Bertz CT molecular complexity index is 531. The summed E-state index contributed by atoms with van der Waals surface area (Å²) in [7, 11) is 1.37. The lowest BCUT2D eigenvalue weighted by Crippen LogP contribution is -2.37. The molecular weight excluding hydrogens is 300 g/mol. The minimum absolute atomic E-state index is 0.183. The quantitative estimate of drug-likeness (QED) is 0.751. The highest BCUT2D eigenvalue weighted by Gasteiger charge is 2.55. The zero-order valence-corrected chi connectivity index (χ0v) is 14.0. The molecule has 1 heterocycles. The molecule has 1 aromatic rings. The maximum atomic E-state index is 12.5. The van der Waals surface area contributed by atoms with E-state index in [1.165, 1.54) is 18.9 Å². The smallest absolute Gasteiger partial charge is 0.323 e. The van der Waals surface area contributed by atoms with E-state index in [9.17, 15) is 9.59 Å². The van der Waals surface area contributed by atoms with Crippen molar-refractivity contribution < 1.29 is 19.1 Å². The molecule has 1 aliphatic rings. The van der Waals surface area contributed by atoms with Gasteiger partial charge in [0.05, 0.1) is 13.5 Å². The molecule has 0 aliphatic carbocycles. The number of thioether (sulfide) groups is 1. The van der Waals surface area contributed by atoms with E-state index in [4.69, 9.17) is 9.47 Å². The summed E-state index contributed by atoms with van der Waals surface area (Å²) in [6.45, 7) is 3.92. The van der Waals surface area contributed by atoms with Gasteiger partial charge in [-0.15, -0.1) is 11.8 Å². The van der Waals surface area contributed by atoms with E-state index in [-0.39, 0.29) is 30.4 Å². The minimum atomic E-state index is -0.768. The first-order valence-corrected chi connectivity index (χ1v) is 8.35. The molecule has 22 heavy (non-hydrogen) atoms. The van der Waals surface area contributed by atoms with Gasteiger partial charge in [0.2, 0.25) is 0 Å². The molecule has 0 saturated carbocycles. The molecule has 2 rings (SSSR count). The van der Waals surface area contributed by atoms with E-state index in [2.05, 4.69) is 0 Å². The first-order valence-electron chi connectivity index (χ1n) is 7.53. The SMILES string of the molecule is CCC[C@H]1OC(=O)[C@](C)(Sc2ccccc2)[C@@H]1CC(=O)OC. The van der Waals surface area contributed by atoms with Crippen molar-refractivity contribution in [3.8, 4) is 0 Å². The predicted octanol–water partition coefficient (Wildman–Crippen LogP) is 3.44. The highest BCUT2D eigenvalue weighted by atomic mass is 32.2. The van der Waals surface area contributed by atoms with Crippen molar-refractivity contribution in [1.29, 1.82) is 0 Å². The van der Waals surface area contributed by atoms with Crippen molar-refractivity contribution in [3.63, 3.8) is 0 Å². The summed E-state index contributed by atoms with van der Waals surface area (Å²) in [5.41, 5.74) is 0. The van der Waals surface area contributed by atoms with Gasteiger partial charge in [0.15, 0.2) is 0 Å². The molecule has 0 N–H and O–H groups in total. The molecule has 1 saturated heterocycles. The summed E-state index contributed by atoms with van der Waals surface area (Å²) < 4.78 is 9.61. The van der Waals surface area contributed by atoms with Crippen LogP contribution in [0.15, 0.2) is 35.2 Å². The van der Waals surface area contributed by atoms with Crippen molar-refractivity contribution in [3.05, 3.63) is 30.3 Å². The normalized spacial score (nSPS) is 27.5. The monoisotopic (exact) mass is 322 g/mol. The summed E-state index contributed by atoms with van der Waals surface area (Å²) >= 11 is 1.47. The lowest BCUT2D eigenvalue weighted by atomic mass is 9.86. The van der Waals surface area contributed by atoms with Gasteiger partial charge in [-0.25, -0.2) is 0 Å². The second kappa shape index (κ2) is 7.18. The maximum absolute atomic E-state index is 12.5. The van der Waals surface area contributed by atoms with Crippen molar-refractivity contribution in [2.24, 2.45) is 5.92 Å². The molecule has 0 bridgehead atoms. The number of cyclic esters (lactones) is 1. The van der Waals surface area contributed by atoms with Crippen LogP contribution in [-0.4, -0.2) is 29.9 Å². The summed E-state index contributed by atoms with van der Waals surface area (Å²) in [6.07, 6.45) is 1.64. The number of rotatable bonds is 6. The Balaban J connectivity index is 2.27. The third kappa shape index (κ3) is 3.46. The van der Waals surface area contributed by atoms with Crippen LogP contribution in [0.3, 0.4) is 0 Å². The molecule has 0 amide bonds. The van der Waals surface area contributed by atoms with Gasteiger partial charge in [0, 0.05) is 10.8 Å². The number of ether oxygens (including phenoxy) is 2. The van der Waals surface area contributed by atoms with Crippen LogP contribution >= 0.6 is 11.8 Å². The van der Waals surface area contributed by atoms with Crippen LogP contribution in [0.5, 0.6) is 0 Å². The third-order valence-electron chi connectivity index (χ3n) is 4.08. The van der Waals surface area contributed by atoms with Gasteiger partial charge < -0.3 is 9.47 Å². The van der Waals surface area contributed by atoms with Crippen molar-refractivity contribution >= 4 is 23.7 Å². The minimum Gasteiger partial charge on any atom is -0.469 e. The molecule has 0 aromatic heterocycles. The summed E-state index contributed by atoms with van der Waals surface area (Å²) in [4.78, 5) is 25.2. The highest BCUT2D eigenvalue weighted by Crippen LogP contribution is 2.48. The van der Waals surface area contributed by atoms with Gasteiger partial charge in [-0.2, -0.15) is 0 Å². The number of hydrogen-bond donors (Lipinski definition) is 0. The molecule has 1 fully saturated rings. The standard InChI is InChI=1S/C17H22O4S/c1-4-8-14-13(11-15(18)20-3)17(2,16(19)21-14)22-12-9-6-5-7-10-12/h5-7,9-10,13-14H,4,8,11H2,1-3H3/t13-,14-,17-/m1/s1. The van der Waals surface area contributed by atoms with E-state index in [0.29, 0.717) is 0 Å². The van der Waals surface area contributed by atoms with Crippen molar-refractivity contribution in [2.45, 2.75) is 48.9 Å². The van der Waals surface area contributed by atoms with Crippen LogP contribution in [0.25, 0.3) is 0 Å². The Morgan fingerprint density at radius 3 is 2.64 bits per heavy atom. The number of hydrogen-bond acceptors (Lipinski definition) is 5. The van der Waals surface area contributed by atoms with Crippen LogP contribution in [0.1, 0.15) is 33.1 Å². The Morgan fingerprint density at radius 2 is 2.05 bits per heavy atom. The molecular formula is C17H22O4S. The average molecular weight is 322 g/mol. The summed E-state index contributed by atoms with van der Waals surface area (Å²) in [5, 5.41) is 0. The van der Waals surface area contributed by atoms with Gasteiger partial charge in [0.25, 0.3) is 0 Å². The van der Waals surface area contributed by atoms with Gasteiger partial charge in [-0.3, -0.25) is 9.59 Å². The number of methoxy groups -OCH3 is 1. The van der Waals surface area contributed by atoms with Gasteiger partial charge in [0.1, 0.15) is 10.9 Å². The Morgan fingerprint density at radius 1 is 1.36 bits per heavy atom. The Hall–Kier alpha value is -1.49. The number of benzene rings is 1. The maximum Gasteiger partial charge on any atom is 0.323 e. The average Bonchev–Trinajstić information content (AvgIpc) is 2.73. The molecule has 120 valence electrons. The first-order chi connectivity index (χ1) is 10.5. The third-order valence-corrected chi connectivity index (χ3v) is 5.48. The fraction of sp³-hybridized carbons (Fsp3) is 0.529. The van der Waals surface area contributed by atoms with E-state index in [1.54, 1.807) is 0 Å². The molecule has 0 unspecified atom stereocenters. The van der Waals surface area contributed by atoms with Crippen molar-refractivity contribution in [2.75, 3.05) is 7.11 Å². The highest BCUT2D eigenvalue weighted by molar-refractivity contribution is 8.01. The number of carbonyl (C=O) groups excluding carboxylic acids is 2. The zero-order valence-electron chi connectivity index (χ0n) is 13.2. The van der Waals surface area contributed by atoms with Crippen LogP contribution in [0, 0.1) is 5.92 Å². The number of carbonyl (C=O) groups is 2. The number of esters is 2. The fourth-order valence-corrected chi connectivity index (χ4v) is 4.13. The largest absolute Gasteiger partial charge is 0.469 e. The first kappa shape index (κ1) is 16.9. The second-order valence-electron chi connectivity index (χ2n) is 5.64. The lowest BCUT2D eigenvalue weighted by molar-refractivity contribution is -0.144. The predicted molar refractivity (Wildman–Crippen MR) is 85.6 cm³/mol. The van der Waals surface area contributed by atoms with E-state index in [1.807, 2.05) is 44.2 Å². The zero-order chi connectivity index (χ0) is 16.2. The molecule has 0 radical (unpaired) electrons. The van der Waals surface area contributed by atoms with E-state index >= 15 is 0 Å². The summed E-state index contributed by atoms with van der Waals surface area (Å²) in [5.74, 6) is -0.726. The van der Waals surface area contributed by atoms with E-state index < -0.39 is 4.75 Å². The molecule has 4 nitrogen and oxygen atoms in total. The second-order valence-corrected chi connectivity index (χ2v) is 7.16.